The number of esters is 1. The van der Waals surface area contributed by atoms with Gasteiger partial charge in [0.25, 0.3) is 0 Å². The van der Waals surface area contributed by atoms with Gasteiger partial charge in [0.15, 0.2) is 0 Å². The van der Waals surface area contributed by atoms with Gasteiger partial charge in [0.2, 0.25) is 0 Å². The van der Waals surface area contributed by atoms with Crippen LogP contribution in [0.4, 0.5) is 0 Å². The summed E-state index contributed by atoms with van der Waals surface area (Å²) in [5.74, 6) is -0.294. The van der Waals surface area contributed by atoms with Crippen molar-refractivity contribution in [2.75, 3.05) is 0 Å². The highest BCUT2D eigenvalue weighted by Gasteiger charge is 2.22. The van der Waals surface area contributed by atoms with E-state index < -0.39 is 0 Å². The molecule has 0 aliphatic carbocycles. The van der Waals surface area contributed by atoms with Crippen LogP contribution < -0.4 is 0 Å². The lowest BCUT2D eigenvalue weighted by molar-refractivity contribution is 0.0472. The molecule has 0 radical (unpaired) electrons. The first-order chi connectivity index (χ1) is 14.2. The van der Waals surface area contributed by atoms with Gasteiger partial charge in [-0.25, -0.2) is 4.79 Å². The van der Waals surface area contributed by atoms with E-state index in [2.05, 4.69) is 22.9 Å². The number of hydrogen-bond donors (Lipinski definition) is 0. The third-order valence-electron chi connectivity index (χ3n) is 5.04. The minimum atomic E-state index is -0.294. The van der Waals surface area contributed by atoms with Crippen molar-refractivity contribution in [1.29, 1.82) is 0 Å². The molecule has 1 aromatic heterocycles. The van der Waals surface area contributed by atoms with Crippen molar-refractivity contribution in [2.24, 2.45) is 0 Å². The zero-order valence-corrected chi connectivity index (χ0v) is 16.4. The van der Waals surface area contributed by atoms with E-state index in [0.717, 1.165) is 22.4 Å². The van der Waals surface area contributed by atoms with Crippen molar-refractivity contribution in [1.82, 2.24) is 4.57 Å². The molecule has 4 rings (SSSR count). The third-order valence-corrected chi connectivity index (χ3v) is 5.04. The second kappa shape index (κ2) is 8.61. The largest absolute Gasteiger partial charge is 0.457 e. The van der Waals surface area contributed by atoms with Crippen molar-refractivity contribution in [3.8, 4) is 11.1 Å². The maximum absolute atomic E-state index is 13.1. The lowest BCUT2D eigenvalue weighted by Crippen LogP contribution is -2.09. The summed E-state index contributed by atoms with van der Waals surface area (Å²) in [7, 11) is 0. The van der Waals surface area contributed by atoms with Gasteiger partial charge in [-0.1, -0.05) is 91.0 Å². The van der Waals surface area contributed by atoms with Crippen LogP contribution in [0.15, 0.2) is 97.2 Å². The summed E-state index contributed by atoms with van der Waals surface area (Å²) in [5, 5.41) is 0. The Labute approximate surface area is 171 Å². The van der Waals surface area contributed by atoms with Gasteiger partial charge in [-0.2, -0.15) is 0 Å². The van der Waals surface area contributed by atoms with E-state index in [9.17, 15) is 4.79 Å². The summed E-state index contributed by atoms with van der Waals surface area (Å²) in [6, 6.07) is 30.0. The summed E-state index contributed by atoms with van der Waals surface area (Å²) >= 11 is 0. The fourth-order valence-electron chi connectivity index (χ4n) is 3.49. The first-order valence-corrected chi connectivity index (χ1v) is 9.72. The second-order valence-corrected chi connectivity index (χ2v) is 7.04. The van der Waals surface area contributed by atoms with Gasteiger partial charge in [-0.05, 0) is 23.6 Å². The van der Waals surface area contributed by atoms with E-state index in [-0.39, 0.29) is 12.6 Å². The number of nitrogens with zero attached hydrogens (tertiary/aromatic N) is 1. The molecule has 0 fully saturated rings. The minimum absolute atomic E-state index is 0.261. The SMILES string of the molecule is Cc1c(C(=O)OCc2ccccc2)c(-c2ccccc2)cn1Cc1ccccc1. The molecule has 0 atom stereocenters. The number of aromatic nitrogens is 1. The zero-order chi connectivity index (χ0) is 20.1. The summed E-state index contributed by atoms with van der Waals surface area (Å²) in [5.41, 5.74) is 5.61. The molecule has 0 spiro atoms. The summed E-state index contributed by atoms with van der Waals surface area (Å²) in [4.78, 5) is 13.1. The summed E-state index contributed by atoms with van der Waals surface area (Å²) in [6.45, 7) is 2.95. The molecule has 29 heavy (non-hydrogen) atoms. The molecular weight excluding hydrogens is 358 g/mol. The van der Waals surface area contributed by atoms with Crippen LogP contribution >= 0.6 is 0 Å². The third kappa shape index (κ3) is 4.30. The first kappa shape index (κ1) is 18.8. The Bertz CT molecular complexity index is 1080. The molecule has 0 bridgehead atoms. The lowest BCUT2D eigenvalue weighted by Gasteiger charge is -2.09. The van der Waals surface area contributed by atoms with E-state index >= 15 is 0 Å². The molecule has 1 heterocycles. The molecular formula is C26H23NO2. The molecule has 3 aromatic carbocycles. The molecule has 3 heteroatoms. The first-order valence-electron chi connectivity index (χ1n) is 9.72. The smallest absolute Gasteiger partial charge is 0.340 e. The molecule has 0 saturated carbocycles. The van der Waals surface area contributed by atoms with Crippen molar-refractivity contribution in [3.63, 3.8) is 0 Å². The van der Waals surface area contributed by atoms with E-state index in [1.807, 2.05) is 85.8 Å². The number of carbonyl (C=O) groups excluding carboxylic acids is 1. The minimum Gasteiger partial charge on any atom is -0.457 e. The van der Waals surface area contributed by atoms with Gasteiger partial charge in [-0.3, -0.25) is 0 Å². The molecule has 0 amide bonds. The van der Waals surface area contributed by atoms with Gasteiger partial charge < -0.3 is 9.30 Å². The monoisotopic (exact) mass is 381 g/mol. The molecule has 144 valence electrons. The predicted octanol–water partition coefficient (Wildman–Crippen LogP) is 5.87. The van der Waals surface area contributed by atoms with Gasteiger partial charge >= 0.3 is 5.97 Å². The van der Waals surface area contributed by atoms with Crippen LogP contribution in [0.5, 0.6) is 0 Å². The van der Waals surface area contributed by atoms with E-state index in [4.69, 9.17) is 4.74 Å². The summed E-state index contributed by atoms with van der Waals surface area (Å²) < 4.78 is 7.79. The highest BCUT2D eigenvalue weighted by Crippen LogP contribution is 2.29. The van der Waals surface area contributed by atoms with Gasteiger partial charge in [-0.15, -0.1) is 0 Å². The average molecular weight is 381 g/mol. The molecule has 0 unspecified atom stereocenters. The van der Waals surface area contributed by atoms with Crippen LogP contribution in [0, 0.1) is 6.92 Å². The normalized spacial score (nSPS) is 10.7. The Balaban J connectivity index is 1.67. The second-order valence-electron chi connectivity index (χ2n) is 7.04. The fraction of sp³-hybridized carbons (Fsp3) is 0.115. The maximum atomic E-state index is 13.1. The Kier molecular flexibility index (Phi) is 5.57. The van der Waals surface area contributed by atoms with Crippen LogP contribution in [-0.2, 0) is 17.9 Å². The Morgan fingerprint density at radius 3 is 1.97 bits per heavy atom. The van der Waals surface area contributed by atoms with Crippen molar-refractivity contribution in [2.45, 2.75) is 20.1 Å². The van der Waals surface area contributed by atoms with Crippen molar-refractivity contribution < 1.29 is 9.53 Å². The van der Waals surface area contributed by atoms with Gasteiger partial charge in [0, 0.05) is 24.0 Å². The number of carbonyl (C=O) groups is 1. The zero-order valence-electron chi connectivity index (χ0n) is 16.4. The average Bonchev–Trinajstić information content (AvgIpc) is 3.10. The van der Waals surface area contributed by atoms with Crippen molar-refractivity contribution >= 4 is 5.97 Å². The number of ether oxygens (including phenoxy) is 1. The van der Waals surface area contributed by atoms with Crippen LogP contribution in [0.3, 0.4) is 0 Å². The Hall–Kier alpha value is -3.59. The van der Waals surface area contributed by atoms with E-state index in [0.29, 0.717) is 12.1 Å². The highest BCUT2D eigenvalue weighted by molar-refractivity contribution is 5.98. The highest BCUT2D eigenvalue weighted by atomic mass is 16.5. The number of benzene rings is 3. The molecule has 3 nitrogen and oxygen atoms in total. The van der Waals surface area contributed by atoms with Crippen LogP contribution in [0.1, 0.15) is 27.2 Å². The topological polar surface area (TPSA) is 31.2 Å². The van der Waals surface area contributed by atoms with Crippen LogP contribution in [0.25, 0.3) is 11.1 Å². The fourth-order valence-corrected chi connectivity index (χ4v) is 3.49. The van der Waals surface area contributed by atoms with Crippen LogP contribution in [-0.4, -0.2) is 10.5 Å². The van der Waals surface area contributed by atoms with E-state index in [1.165, 1.54) is 5.56 Å². The lowest BCUT2D eigenvalue weighted by atomic mass is 10.0. The quantitative estimate of drug-likeness (QED) is 0.391. The van der Waals surface area contributed by atoms with Crippen molar-refractivity contribution in [3.05, 3.63) is 120 Å². The predicted molar refractivity (Wildman–Crippen MR) is 116 cm³/mol. The molecule has 4 aromatic rings. The molecule has 0 aliphatic heterocycles. The van der Waals surface area contributed by atoms with Gasteiger partial charge in [0.1, 0.15) is 6.61 Å². The van der Waals surface area contributed by atoms with Gasteiger partial charge in [0.05, 0.1) is 5.56 Å². The number of hydrogen-bond acceptors (Lipinski definition) is 2. The maximum Gasteiger partial charge on any atom is 0.340 e. The Morgan fingerprint density at radius 1 is 0.793 bits per heavy atom. The number of rotatable bonds is 6. The summed E-state index contributed by atoms with van der Waals surface area (Å²) in [6.07, 6.45) is 2.05. The van der Waals surface area contributed by atoms with Crippen LogP contribution in [0.2, 0.25) is 0 Å². The Morgan fingerprint density at radius 2 is 1.34 bits per heavy atom. The van der Waals surface area contributed by atoms with E-state index in [1.54, 1.807) is 0 Å². The molecule has 0 aliphatic rings. The molecule has 0 N–H and O–H groups in total. The standard InChI is InChI=1S/C26H23NO2/c1-20-25(26(28)29-19-22-13-7-3-8-14-22)24(23-15-9-4-10-16-23)18-27(20)17-21-11-5-2-6-12-21/h2-16,18H,17,19H2,1H3. The molecule has 0 saturated heterocycles.